The van der Waals surface area contributed by atoms with Gasteiger partial charge in [0.15, 0.2) is 11.6 Å². The number of benzene rings is 2. The van der Waals surface area contributed by atoms with Gasteiger partial charge in [-0.3, -0.25) is 14.4 Å². The van der Waals surface area contributed by atoms with Crippen molar-refractivity contribution in [3.8, 4) is 11.8 Å². The summed E-state index contributed by atoms with van der Waals surface area (Å²) in [4.78, 5) is 43.4. The number of halogens is 2. The number of likely N-dealkylation sites (N-methyl/N-ethyl adjacent to an activating group) is 1. The summed E-state index contributed by atoms with van der Waals surface area (Å²) in [6, 6.07) is 12.1. The zero-order valence-electron chi connectivity index (χ0n) is 19.5. The number of nitrogens with zero attached hydrogens (tertiary/aromatic N) is 3. The molecule has 3 aromatic rings. The van der Waals surface area contributed by atoms with Crippen molar-refractivity contribution >= 4 is 34.3 Å². The SMILES string of the molecule is COc1cc(F)c2cc(C(=O)N(C)CC(=O)N3CC(C(=O)Nc4ccccc4)CC3C#N)[nH]c2c1F. The summed E-state index contributed by atoms with van der Waals surface area (Å²) in [7, 11) is 2.55. The Morgan fingerprint density at radius 2 is 1.97 bits per heavy atom. The highest BCUT2D eigenvalue weighted by Gasteiger charge is 2.39. The Balaban J connectivity index is 1.44. The maximum absolute atomic E-state index is 14.5. The van der Waals surface area contributed by atoms with Gasteiger partial charge in [-0.15, -0.1) is 0 Å². The number of aromatic amines is 1. The van der Waals surface area contributed by atoms with E-state index in [4.69, 9.17) is 4.74 Å². The number of methoxy groups -OCH3 is 1. The van der Waals surface area contributed by atoms with Gasteiger partial charge in [0.1, 0.15) is 17.6 Å². The summed E-state index contributed by atoms with van der Waals surface area (Å²) in [5.41, 5.74) is 0.256. The minimum absolute atomic E-state index is 0.0281. The van der Waals surface area contributed by atoms with Gasteiger partial charge < -0.3 is 24.8 Å². The topological polar surface area (TPSA) is 119 Å². The van der Waals surface area contributed by atoms with Gasteiger partial charge >= 0.3 is 0 Å². The van der Waals surface area contributed by atoms with Crippen LogP contribution in [-0.2, 0) is 9.59 Å². The summed E-state index contributed by atoms with van der Waals surface area (Å²) in [5, 5.41) is 12.2. The maximum atomic E-state index is 14.5. The molecule has 9 nitrogen and oxygen atoms in total. The van der Waals surface area contributed by atoms with E-state index in [0.29, 0.717) is 5.69 Å². The van der Waals surface area contributed by atoms with Gasteiger partial charge in [0.2, 0.25) is 11.8 Å². The number of likely N-dealkylation sites (tertiary alicyclic amines) is 1. The van der Waals surface area contributed by atoms with Crippen LogP contribution in [0.5, 0.6) is 5.75 Å². The Morgan fingerprint density at radius 3 is 2.64 bits per heavy atom. The molecular formula is C25H23F2N5O4. The molecule has 3 amide bonds. The average molecular weight is 495 g/mol. The number of para-hydroxylation sites is 1. The molecule has 2 N–H and O–H groups in total. The molecule has 2 atom stereocenters. The van der Waals surface area contributed by atoms with E-state index in [1.165, 1.54) is 19.1 Å². The number of hydrogen-bond acceptors (Lipinski definition) is 5. The van der Waals surface area contributed by atoms with E-state index in [1.54, 1.807) is 24.3 Å². The number of amides is 3. The number of hydrogen-bond donors (Lipinski definition) is 2. The molecule has 1 saturated heterocycles. The first-order valence-corrected chi connectivity index (χ1v) is 11.1. The van der Waals surface area contributed by atoms with Crippen molar-refractivity contribution in [1.82, 2.24) is 14.8 Å². The zero-order chi connectivity index (χ0) is 26.0. The van der Waals surface area contributed by atoms with E-state index < -0.39 is 42.0 Å². The highest BCUT2D eigenvalue weighted by Crippen LogP contribution is 2.30. The van der Waals surface area contributed by atoms with Gasteiger partial charge in [-0.25, -0.2) is 8.78 Å². The third-order valence-electron chi connectivity index (χ3n) is 6.12. The van der Waals surface area contributed by atoms with Gasteiger partial charge in [0.05, 0.1) is 31.2 Å². The molecule has 1 aliphatic rings. The third kappa shape index (κ3) is 4.70. The van der Waals surface area contributed by atoms with Crippen LogP contribution >= 0.6 is 0 Å². The molecular weight excluding hydrogens is 472 g/mol. The van der Waals surface area contributed by atoms with Crippen LogP contribution in [-0.4, -0.2) is 65.8 Å². The molecule has 11 heteroatoms. The Labute approximate surface area is 205 Å². The van der Waals surface area contributed by atoms with Crippen LogP contribution in [0.3, 0.4) is 0 Å². The van der Waals surface area contributed by atoms with E-state index in [2.05, 4.69) is 10.3 Å². The van der Waals surface area contributed by atoms with E-state index in [9.17, 15) is 28.4 Å². The fraction of sp³-hybridized carbons (Fsp3) is 0.280. The lowest BCUT2D eigenvalue weighted by molar-refractivity contribution is -0.131. The molecule has 4 rings (SSSR count). The number of carbonyl (C=O) groups is 3. The van der Waals surface area contributed by atoms with Crippen molar-refractivity contribution in [1.29, 1.82) is 5.26 Å². The number of anilines is 1. The van der Waals surface area contributed by atoms with E-state index >= 15 is 0 Å². The van der Waals surface area contributed by atoms with Crippen LogP contribution in [0.4, 0.5) is 14.5 Å². The van der Waals surface area contributed by atoms with Crippen molar-refractivity contribution in [3.05, 3.63) is 59.8 Å². The molecule has 0 saturated carbocycles. The van der Waals surface area contributed by atoms with Gasteiger partial charge in [-0.1, -0.05) is 18.2 Å². The summed E-state index contributed by atoms with van der Waals surface area (Å²) in [5.74, 6) is -4.03. The van der Waals surface area contributed by atoms with Crippen LogP contribution in [0.1, 0.15) is 16.9 Å². The Bertz CT molecular complexity index is 1370. The minimum atomic E-state index is -0.847. The van der Waals surface area contributed by atoms with Crippen LogP contribution in [0.15, 0.2) is 42.5 Å². The van der Waals surface area contributed by atoms with E-state index in [-0.39, 0.29) is 41.2 Å². The number of fused-ring (bicyclic) bond motifs is 1. The first-order chi connectivity index (χ1) is 17.2. The van der Waals surface area contributed by atoms with Gasteiger partial charge in [-0.05, 0) is 24.6 Å². The monoisotopic (exact) mass is 495 g/mol. The number of H-pyrrole nitrogens is 1. The number of carbonyl (C=O) groups excluding carboxylic acids is 3. The molecule has 1 aliphatic heterocycles. The predicted molar refractivity (Wildman–Crippen MR) is 126 cm³/mol. The van der Waals surface area contributed by atoms with E-state index in [0.717, 1.165) is 17.0 Å². The van der Waals surface area contributed by atoms with Gasteiger partial charge in [0, 0.05) is 30.7 Å². The zero-order valence-corrected chi connectivity index (χ0v) is 19.5. The normalized spacial score (nSPS) is 17.0. The molecule has 0 bridgehead atoms. The lowest BCUT2D eigenvalue weighted by Crippen LogP contribution is -2.43. The predicted octanol–water partition coefficient (Wildman–Crippen LogP) is 2.91. The molecule has 2 unspecified atom stereocenters. The fourth-order valence-corrected chi connectivity index (χ4v) is 4.22. The molecule has 0 spiro atoms. The molecule has 2 heterocycles. The first kappa shape index (κ1) is 24.7. The lowest BCUT2D eigenvalue weighted by Gasteiger charge is -2.23. The molecule has 1 aromatic heterocycles. The van der Waals surface area contributed by atoms with Crippen LogP contribution in [0, 0.1) is 28.9 Å². The van der Waals surface area contributed by atoms with Crippen LogP contribution < -0.4 is 10.1 Å². The molecule has 0 aliphatic carbocycles. The Morgan fingerprint density at radius 1 is 1.25 bits per heavy atom. The van der Waals surface area contributed by atoms with E-state index in [1.807, 2.05) is 12.1 Å². The van der Waals surface area contributed by atoms with Crippen molar-refractivity contribution < 1.29 is 27.9 Å². The number of rotatable bonds is 6. The summed E-state index contributed by atoms with van der Waals surface area (Å²) < 4.78 is 33.6. The fourth-order valence-electron chi connectivity index (χ4n) is 4.22. The average Bonchev–Trinajstić information content (AvgIpc) is 3.52. The van der Waals surface area contributed by atoms with Crippen LogP contribution in [0.2, 0.25) is 0 Å². The Hall–Kier alpha value is -4.46. The first-order valence-electron chi connectivity index (χ1n) is 11.1. The summed E-state index contributed by atoms with van der Waals surface area (Å²) in [6.07, 6.45) is 0.168. The smallest absolute Gasteiger partial charge is 0.270 e. The second-order valence-electron chi connectivity index (χ2n) is 8.49. The van der Waals surface area contributed by atoms with Crippen molar-refractivity contribution in [3.63, 3.8) is 0 Å². The number of nitriles is 1. The summed E-state index contributed by atoms with van der Waals surface area (Å²) in [6.45, 7) is -0.367. The quantitative estimate of drug-likeness (QED) is 0.545. The third-order valence-corrected chi connectivity index (χ3v) is 6.12. The standard InChI is InChI=1S/C25H23F2N5O4/c1-31(25(35)19-9-17-18(26)10-20(36-2)22(27)23(17)30-19)13-21(33)32-12-14(8-16(32)11-28)24(34)29-15-6-4-3-5-7-15/h3-7,9-10,14,16,30H,8,12-13H2,1-2H3,(H,29,34). The van der Waals surface area contributed by atoms with Crippen molar-refractivity contribution in [2.45, 2.75) is 12.5 Å². The second kappa shape index (κ2) is 10.0. The highest BCUT2D eigenvalue weighted by molar-refractivity contribution is 6.00. The number of nitrogens with one attached hydrogen (secondary N) is 2. The summed E-state index contributed by atoms with van der Waals surface area (Å²) >= 11 is 0. The van der Waals surface area contributed by atoms with Crippen molar-refractivity contribution in [2.75, 3.05) is 32.6 Å². The molecule has 1 fully saturated rings. The van der Waals surface area contributed by atoms with Crippen LogP contribution in [0.25, 0.3) is 10.9 Å². The largest absolute Gasteiger partial charge is 0.493 e. The molecule has 186 valence electrons. The molecule has 2 aromatic carbocycles. The lowest BCUT2D eigenvalue weighted by atomic mass is 10.1. The van der Waals surface area contributed by atoms with Gasteiger partial charge in [-0.2, -0.15) is 5.26 Å². The van der Waals surface area contributed by atoms with Gasteiger partial charge in [0.25, 0.3) is 5.91 Å². The maximum Gasteiger partial charge on any atom is 0.270 e. The number of aromatic nitrogens is 1. The molecule has 0 radical (unpaired) electrons. The Kier molecular flexibility index (Phi) is 6.87. The minimum Gasteiger partial charge on any atom is -0.493 e. The number of ether oxygens (including phenoxy) is 1. The highest BCUT2D eigenvalue weighted by atomic mass is 19.1. The molecule has 36 heavy (non-hydrogen) atoms. The second-order valence-corrected chi connectivity index (χ2v) is 8.49. The van der Waals surface area contributed by atoms with Crippen molar-refractivity contribution in [2.24, 2.45) is 5.92 Å².